The lowest BCUT2D eigenvalue weighted by Gasteiger charge is -2.27. The van der Waals surface area contributed by atoms with Crippen molar-refractivity contribution in [1.29, 1.82) is 0 Å². The summed E-state index contributed by atoms with van der Waals surface area (Å²) >= 11 is 0. The van der Waals surface area contributed by atoms with Gasteiger partial charge in [-0.3, -0.25) is 67.1 Å². The lowest BCUT2D eigenvalue weighted by Crippen LogP contribution is -2.35. The molecule has 4 unspecified atom stereocenters. The molecule has 0 spiro atoms. The Hall–Kier alpha value is -15.0. The molecule has 4 fully saturated rings. The molecule has 30 nitrogen and oxygen atoms in total. The second kappa shape index (κ2) is 42.1. The van der Waals surface area contributed by atoms with E-state index < -0.39 is 0 Å². The summed E-state index contributed by atoms with van der Waals surface area (Å²) in [7, 11) is 3.89. The van der Waals surface area contributed by atoms with Crippen molar-refractivity contribution in [2.75, 3.05) is 79.0 Å². The molecule has 4 saturated heterocycles. The van der Waals surface area contributed by atoms with Crippen LogP contribution in [0.5, 0.6) is 0 Å². The van der Waals surface area contributed by atoms with Gasteiger partial charge in [0.2, 0.25) is 23.6 Å². The second-order valence-electron chi connectivity index (χ2n) is 38.3. The number of ketones is 4. The molecular formula is C113H116N18O12. The highest BCUT2D eigenvalue weighted by molar-refractivity contribution is 6.01. The quantitative estimate of drug-likeness (QED) is 0.0603. The highest BCUT2D eigenvalue weighted by Gasteiger charge is 2.38. The summed E-state index contributed by atoms with van der Waals surface area (Å²) in [6, 6.07) is 63.3. The lowest BCUT2D eigenvalue weighted by atomic mass is 9.97. The van der Waals surface area contributed by atoms with Gasteiger partial charge in [0, 0.05) is 272 Å². The summed E-state index contributed by atoms with van der Waals surface area (Å²) in [5.41, 5.74) is 26.2. The van der Waals surface area contributed by atoms with Crippen LogP contribution in [-0.2, 0) is 130 Å². The maximum Gasteiger partial charge on any atom is 0.219 e. The van der Waals surface area contributed by atoms with Crippen LogP contribution >= 0.6 is 0 Å². The maximum absolute atomic E-state index is 13.4. The molecule has 8 aliphatic rings. The SMILES string of the molecule is CC(=O)N1CCc2c(c(-c3cccc(C(=O)Cc4ccnc(C)c4)c3)nn2C2CCOC2)C1.CC(=O)N1CCc2c(c(-c3cccc(C(=O)Cc4cnc5ccccc5c4)c3)nn2C2CCOC2)C1.CC(=O)N1CCc2c(c(-c3cccc(C(=O)Cc4nc5ccccc5n4C)c3)nn2C2CCOC2)C1.CC(=O)N1CCc2c(c(-c3cccc(C(=O)Cc4ncc(-c5ccccc5)n4C)c3)nn2C2CCOC2)C1. The number of hydrogen-bond donors (Lipinski definition) is 0. The van der Waals surface area contributed by atoms with Crippen LogP contribution in [-0.4, -0.2) is 214 Å². The number of para-hydroxylation sites is 3. The van der Waals surface area contributed by atoms with E-state index in [9.17, 15) is 38.4 Å². The van der Waals surface area contributed by atoms with Gasteiger partial charge in [0.25, 0.3) is 0 Å². The zero-order valence-corrected chi connectivity index (χ0v) is 81.8. The Morgan fingerprint density at radius 3 is 1.09 bits per heavy atom. The predicted octanol–water partition coefficient (Wildman–Crippen LogP) is 15.9. The van der Waals surface area contributed by atoms with Crippen LogP contribution in [0, 0.1) is 6.92 Å². The van der Waals surface area contributed by atoms with Gasteiger partial charge in [0.05, 0.1) is 115 Å². The number of aromatic nitrogens is 14. The lowest BCUT2D eigenvalue weighted by molar-refractivity contribution is -0.130. The molecular weight excluding hydrogens is 1800 g/mol. The summed E-state index contributed by atoms with van der Waals surface area (Å²) in [5.74, 6) is 1.84. The van der Waals surface area contributed by atoms with Gasteiger partial charge in [0.15, 0.2) is 23.1 Å². The molecule has 7 aromatic carbocycles. The number of rotatable bonds is 21. The fourth-order valence-electron chi connectivity index (χ4n) is 21.1. The van der Waals surface area contributed by atoms with Gasteiger partial charge in [-0.2, -0.15) is 20.4 Å². The van der Waals surface area contributed by atoms with Crippen LogP contribution in [0.3, 0.4) is 0 Å². The van der Waals surface area contributed by atoms with Gasteiger partial charge in [-0.15, -0.1) is 0 Å². The molecule has 730 valence electrons. The molecule has 0 N–H and O–H groups in total. The molecule has 143 heavy (non-hydrogen) atoms. The van der Waals surface area contributed by atoms with Crippen molar-refractivity contribution in [3.05, 3.63) is 308 Å². The molecule has 0 bridgehead atoms. The number of amides is 4. The van der Waals surface area contributed by atoms with Crippen LogP contribution in [0.1, 0.15) is 192 Å². The number of carbonyl (C=O) groups excluding carboxylic acids is 8. The number of carbonyl (C=O) groups is 8. The van der Waals surface area contributed by atoms with E-state index in [0.29, 0.717) is 107 Å². The maximum atomic E-state index is 13.4. The van der Waals surface area contributed by atoms with E-state index in [0.717, 1.165) is 207 Å². The standard InChI is InChI=1S/C30H31N5O3.C29H28N4O3.C28H29N5O3.C26H28N4O3/c1-20(36)34-13-11-26-25(18-34)30(32-35(26)24-12-14-38-19-24)23-10-6-9-22(15-23)28(37)16-29-31-17-27(33(29)2)21-7-4-3-5-8-21;1-19(34)32-11-9-27-25(17-32)29(31-33(27)24-10-12-36-18-24)23-7-4-6-22(15-23)28(35)14-20-13-21-5-2-3-8-26(21)30-16-20;1-18(34)32-12-10-24-22(16-32)28(30-33(24)21-11-13-36-17-21)20-7-5-6-19(14-20)26(35)15-27-29-23-8-3-4-9-25(23)31(27)2;1-17-12-19(6-9-27-17)13-25(32)20-4-3-5-21(14-20)26-23-15-29(18(2)31)10-7-24(23)30(28-26)22-8-11-33-16-22/h3-10,15,17,24H,11-14,16,18-19H2,1-2H3;2-8,13,15-16,24H,9-12,14,17-18H2,1H3;3-9,14,21H,10-13,15-17H2,1-2H3;3-6,9,12,14,22H,7-8,10-11,13,15-16H2,1-2H3. The van der Waals surface area contributed by atoms with Crippen molar-refractivity contribution in [2.24, 2.45) is 14.1 Å². The van der Waals surface area contributed by atoms with Crippen LogP contribution in [0.25, 0.3) is 78.2 Å². The number of Topliss-reactive ketones (excluding diaryl/α,β-unsaturated/α-hetero) is 4. The summed E-state index contributed by atoms with van der Waals surface area (Å²) in [5, 5.41) is 21.2. The highest BCUT2D eigenvalue weighted by atomic mass is 16.5. The van der Waals surface area contributed by atoms with E-state index in [1.54, 1.807) is 40.1 Å². The average Bonchev–Trinajstić information content (AvgIpc) is 1.62. The van der Waals surface area contributed by atoms with Gasteiger partial charge in [-0.25, -0.2) is 9.97 Å². The molecule has 30 heteroatoms. The zero-order chi connectivity index (χ0) is 98.6. The fraction of sp³-hybridized carbons (Fsp3) is 0.345. The third kappa shape index (κ3) is 20.5. The molecule has 16 heterocycles. The molecule has 8 aromatic heterocycles. The van der Waals surface area contributed by atoms with Crippen molar-refractivity contribution in [1.82, 2.24) is 87.8 Å². The first kappa shape index (κ1) is 95.6. The monoisotopic (exact) mass is 1920 g/mol. The van der Waals surface area contributed by atoms with Crippen LogP contribution in [0.15, 0.2) is 213 Å². The Morgan fingerprint density at radius 2 is 0.706 bits per heavy atom. The molecule has 23 rings (SSSR count). The number of aryl methyl sites for hydroxylation is 2. The van der Waals surface area contributed by atoms with Crippen molar-refractivity contribution in [2.45, 2.75) is 162 Å². The van der Waals surface area contributed by atoms with Crippen LogP contribution < -0.4 is 0 Å². The van der Waals surface area contributed by atoms with Gasteiger partial charge >= 0.3 is 0 Å². The smallest absolute Gasteiger partial charge is 0.219 e. The minimum Gasteiger partial charge on any atom is -0.379 e. The van der Waals surface area contributed by atoms with E-state index in [4.69, 9.17) is 39.3 Å². The topological polar surface area (TPSA) is 319 Å². The van der Waals surface area contributed by atoms with E-state index >= 15 is 0 Å². The molecule has 15 aromatic rings. The first-order chi connectivity index (χ1) is 69.5. The molecule has 4 atom stereocenters. The third-order valence-corrected chi connectivity index (χ3v) is 29.0. The van der Waals surface area contributed by atoms with Crippen molar-refractivity contribution >= 4 is 68.7 Å². The van der Waals surface area contributed by atoms with Gasteiger partial charge in [-0.1, -0.05) is 133 Å². The van der Waals surface area contributed by atoms with Gasteiger partial charge in [-0.05, 0) is 110 Å². The second-order valence-corrected chi connectivity index (χ2v) is 38.3. The number of benzene rings is 7. The van der Waals surface area contributed by atoms with Crippen molar-refractivity contribution < 1.29 is 57.3 Å². The van der Waals surface area contributed by atoms with E-state index in [1.165, 1.54) is 22.8 Å². The zero-order valence-electron chi connectivity index (χ0n) is 81.8. The highest BCUT2D eigenvalue weighted by Crippen LogP contribution is 2.41. The molecule has 0 saturated carbocycles. The fourth-order valence-corrected chi connectivity index (χ4v) is 21.1. The van der Waals surface area contributed by atoms with Crippen molar-refractivity contribution in [3.63, 3.8) is 0 Å². The van der Waals surface area contributed by atoms with Crippen LogP contribution in [0.4, 0.5) is 0 Å². The van der Waals surface area contributed by atoms with Crippen LogP contribution in [0.2, 0.25) is 0 Å². The largest absolute Gasteiger partial charge is 0.379 e. The summed E-state index contributed by atoms with van der Waals surface area (Å²) < 4.78 is 35.0. The minimum atomic E-state index is 0.00279. The Morgan fingerprint density at radius 1 is 0.343 bits per heavy atom. The van der Waals surface area contributed by atoms with Gasteiger partial charge in [0.1, 0.15) is 11.6 Å². The number of nitrogens with zero attached hydrogens (tertiary/aromatic N) is 18. The number of fused-ring (bicyclic) bond motifs is 6. The molecule has 0 aliphatic carbocycles. The Balaban J connectivity index is 0.000000117. The molecule has 0 radical (unpaired) electrons. The Labute approximate surface area is 829 Å². The molecule has 4 amide bonds. The predicted molar refractivity (Wildman–Crippen MR) is 540 cm³/mol. The first-order valence-electron chi connectivity index (χ1n) is 49.5. The minimum absolute atomic E-state index is 0.00279. The number of pyridine rings is 2. The third-order valence-electron chi connectivity index (χ3n) is 29.0. The van der Waals surface area contributed by atoms with E-state index in [1.807, 2.05) is 250 Å². The number of hydrogen-bond acceptors (Lipinski definition) is 20. The normalized spacial score (nSPS) is 17.4. The first-order valence-corrected chi connectivity index (χ1v) is 49.5. The number of ether oxygens (including phenoxy) is 4. The number of imidazole rings is 2. The average molecular weight is 1920 g/mol. The summed E-state index contributed by atoms with van der Waals surface area (Å²) in [6.07, 6.45) is 13.2. The van der Waals surface area contributed by atoms with Crippen molar-refractivity contribution in [3.8, 4) is 56.3 Å². The summed E-state index contributed by atoms with van der Waals surface area (Å²) in [4.78, 5) is 127. The van der Waals surface area contributed by atoms with E-state index in [2.05, 4.69) is 38.7 Å². The Bertz CT molecular complexity index is 7380. The van der Waals surface area contributed by atoms with E-state index in [-0.39, 0.29) is 90.2 Å². The van der Waals surface area contributed by atoms with Gasteiger partial charge < -0.3 is 47.7 Å². The Kier molecular flexibility index (Phi) is 28.1. The molecule has 8 aliphatic heterocycles. The summed E-state index contributed by atoms with van der Waals surface area (Å²) in [6.45, 7) is 18.9.